The Balaban J connectivity index is 1.68. The molecule has 0 saturated carbocycles. The third-order valence-electron chi connectivity index (χ3n) is 3.86. The number of pyridine rings is 2. The van der Waals surface area contributed by atoms with Crippen LogP contribution in [0.1, 0.15) is 11.4 Å². The largest absolute Gasteiger partial charge is 0.332 e. The Morgan fingerprint density at radius 1 is 0.931 bits per heavy atom. The molecule has 8 nitrogen and oxygen atoms in total. The van der Waals surface area contributed by atoms with Crippen molar-refractivity contribution < 1.29 is 8.42 Å². The number of hydrogen-bond acceptors (Lipinski definition) is 6. The van der Waals surface area contributed by atoms with Gasteiger partial charge in [-0.1, -0.05) is 12.1 Å². The molecule has 0 atom stereocenters. The van der Waals surface area contributed by atoms with Gasteiger partial charge in [-0.15, -0.1) is 0 Å². The lowest BCUT2D eigenvalue weighted by Gasteiger charge is -2.24. The van der Waals surface area contributed by atoms with E-state index in [0.717, 1.165) is 11.4 Å². The van der Waals surface area contributed by atoms with Crippen molar-refractivity contribution in [1.29, 1.82) is 0 Å². The quantitative estimate of drug-likeness (QED) is 0.387. The maximum atomic E-state index is 11.4. The van der Waals surface area contributed by atoms with Crippen molar-refractivity contribution in [3.63, 3.8) is 0 Å². The summed E-state index contributed by atoms with van der Waals surface area (Å²) in [4.78, 5) is 8.74. The van der Waals surface area contributed by atoms with Gasteiger partial charge in [-0.25, -0.2) is 18.6 Å². The lowest BCUT2D eigenvalue weighted by molar-refractivity contribution is 0.212. The smallest absolute Gasteiger partial charge is 0.238 e. The topological polar surface area (TPSA) is 113 Å². The van der Waals surface area contributed by atoms with Crippen LogP contribution in [-0.2, 0) is 23.1 Å². The van der Waals surface area contributed by atoms with Gasteiger partial charge in [0.05, 0.1) is 29.4 Å². The summed E-state index contributed by atoms with van der Waals surface area (Å²) in [5.41, 5.74) is 5.51. The van der Waals surface area contributed by atoms with Gasteiger partial charge in [-0.2, -0.15) is 0 Å². The number of anilines is 1. The van der Waals surface area contributed by atoms with Gasteiger partial charge in [0.1, 0.15) is 0 Å². The number of aromatic nitrogens is 2. The van der Waals surface area contributed by atoms with E-state index in [2.05, 4.69) is 20.7 Å². The summed E-state index contributed by atoms with van der Waals surface area (Å²) in [6.45, 7) is 1.01. The first-order valence-corrected chi connectivity index (χ1v) is 10.6. The van der Waals surface area contributed by atoms with Crippen molar-refractivity contribution in [1.82, 2.24) is 20.4 Å². The van der Waals surface area contributed by atoms with Crippen LogP contribution >= 0.6 is 12.2 Å². The molecular weight excluding hydrogens is 408 g/mol. The zero-order chi connectivity index (χ0) is 20.7. The highest BCUT2D eigenvalue weighted by Gasteiger charge is 2.11. The van der Waals surface area contributed by atoms with Crippen molar-refractivity contribution in [3.8, 4) is 0 Å². The van der Waals surface area contributed by atoms with E-state index in [0.29, 0.717) is 23.9 Å². The van der Waals surface area contributed by atoms with Gasteiger partial charge in [-0.3, -0.25) is 15.4 Å². The molecule has 3 aromatic rings. The lowest BCUT2D eigenvalue weighted by atomic mass is 10.3. The van der Waals surface area contributed by atoms with E-state index >= 15 is 0 Å². The van der Waals surface area contributed by atoms with E-state index in [1.54, 1.807) is 24.5 Å². The van der Waals surface area contributed by atoms with Crippen LogP contribution in [0.4, 0.5) is 5.69 Å². The average molecular weight is 429 g/mol. The van der Waals surface area contributed by atoms with Gasteiger partial charge in [0.25, 0.3) is 0 Å². The fourth-order valence-electron chi connectivity index (χ4n) is 2.54. The molecule has 0 unspecified atom stereocenters. The molecule has 0 aliphatic heterocycles. The second-order valence-electron chi connectivity index (χ2n) is 6.13. The minimum Gasteiger partial charge on any atom is -0.332 e. The van der Waals surface area contributed by atoms with Crippen molar-refractivity contribution in [2.24, 2.45) is 5.14 Å². The first-order chi connectivity index (χ1) is 13.9. The number of benzene rings is 1. The van der Waals surface area contributed by atoms with Crippen LogP contribution < -0.4 is 15.9 Å². The molecule has 0 radical (unpaired) electrons. The van der Waals surface area contributed by atoms with E-state index in [4.69, 9.17) is 17.4 Å². The summed E-state index contributed by atoms with van der Waals surface area (Å²) in [5, 5.41) is 10.4. The monoisotopic (exact) mass is 428 g/mol. The second kappa shape index (κ2) is 9.52. The average Bonchev–Trinajstić information content (AvgIpc) is 2.69. The Kier molecular flexibility index (Phi) is 6.83. The van der Waals surface area contributed by atoms with Crippen LogP contribution in [0.3, 0.4) is 0 Å². The number of hydrogen-bond donors (Lipinski definition) is 3. The van der Waals surface area contributed by atoms with E-state index < -0.39 is 10.0 Å². The Morgan fingerprint density at radius 2 is 1.48 bits per heavy atom. The van der Waals surface area contributed by atoms with Gasteiger partial charge >= 0.3 is 0 Å². The molecule has 0 amide bonds. The van der Waals surface area contributed by atoms with Crippen molar-refractivity contribution in [2.75, 3.05) is 5.32 Å². The maximum absolute atomic E-state index is 11.4. The van der Waals surface area contributed by atoms with Crippen LogP contribution in [-0.4, -0.2) is 28.5 Å². The van der Waals surface area contributed by atoms with Gasteiger partial charge in [0.2, 0.25) is 10.0 Å². The zero-order valence-corrected chi connectivity index (χ0v) is 17.0. The number of nitrogens with one attached hydrogen (secondary N) is 2. The van der Waals surface area contributed by atoms with Gasteiger partial charge in [0, 0.05) is 18.1 Å². The van der Waals surface area contributed by atoms with Crippen LogP contribution in [0, 0.1) is 0 Å². The first-order valence-electron chi connectivity index (χ1n) is 8.65. The normalized spacial score (nSPS) is 11.2. The van der Waals surface area contributed by atoms with Crippen molar-refractivity contribution in [3.05, 3.63) is 84.4 Å². The number of hydrazine groups is 1. The molecular formula is C19H20N6O2S2. The Labute approximate surface area is 174 Å². The number of nitrogens with zero attached hydrogens (tertiary/aromatic N) is 3. The number of sulfonamides is 1. The maximum Gasteiger partial charge on any atom is 0.238 e. The van der Waals surface area contributed by atoms with E-state index in [1.807, 2.05) is 41.4 Å². The van der Waals surface area contributed by atoms with Crippen LogP contribution in [0.5, 0.6) is 0 Å². The lowest BCUT2D eigenvalue weighted by Crippen LogP contribution is -2.43. The third kappa shape index (κ3) is 6.57. The standard InChI is InChI=1S/C19H20N6O2S2/c20-29(26,27)18-9-7-15(8-10-18)23-19(28)24-25(13-16-5-1-3-11-21-16)14-17-6-2-4-12-22-17/h1-12H,13-14H2,(H2,20,26,27)(H2,23,24,28). The Bertz CT molecular complexity index is 1000. The summed E-state index contributed by atoms with van der Waals surface area (Å²) in [6, 6.07) is 17.4. The van der Waals surface area contributed by atoms with Gasteiger partial charge in [-0.05, 0) is 60.7 Å². The van der Waals surface area contributed by atoms with Crippen molar-refractivity contribution >= 4 is 33.0 Å². The van der Waals surface area contributed by atoms with E-state index in [-0.39, 0.29) is 4.90 Å². The first kappa shape index (κ1) is 20.8. The highest BCUT2D eigenvalue weighted by Crippen LogP contribution is 2.13. The van der Waals surface area contributed by atoms with Crippen molar-refractivity contribution in [2.45, 2.75) is 18.0 Å². The molecule has 3 rings (SSSR count). The summed E-state index contributed by atoms with van der Waals surface area (Å²) in [6.07, 6.45) is 3.47. The number of primary sulfonamides is 1. The molecule has 0 fully saturated rings. The summed E-state index contributed by atoms with van der Waals surface area (Å²) in [5.74, 6) is 0. The van der Waals surface area contributed by atoms with Crippen LogP contribution in [0.15, 0.2) is 78.0 Å². The minimum absolute atomic E-state index is 0.0360. The van der Waals surface area contributed by atoms with Crippen LogP contribution in [0.25, 0.3) is 0 Å². The summed E-state index contributed by atoms with van der Waals surface area (Å²) >= 11 is 5.40. The summed E-state index contributed by atoms with van der Waals surface area (Å²) < 4.78 is 22.7. The fraction of sp³-hybridized carbons (Fsp3) is 0.105. The molecule has 4 N–H and O–H groups in total. The predicted octanol–water partition coefficient (Wildman–Crippen LogP) is 2.03. The molecule has 0 bridgehead atoms. The Hall–Kier alpha value is -2.92. The molecule has 0 aliphatic carbocycles. The molecule has 0 aliphatic rings. The zero-order valence-electron chi connectivity index (χ0n) is 15.4. The second-order valence-corrected chi connectivity index (χ2v) is 8.10. The predicted molar refractivity (Wildman–Crippen MR) is 115 cm³/mol. The fourth-order valence-corrected chi connectivity index (χ4v) is 3.30. The number of nitrogens with two attached hydrogens (primary N) is 1. The molecule has 2 aromatic heterocycles. The molecule has 2 heterocycles. The van der Waals surface area contributed by atoms with Gasteiger partial charge < -0.3 is 5.32 Å². The number of thiocarbonyl (C=S) groups is 1. The molecule has 0 spiro atoms. The molecule has 29 heavy (non-hydrogen) atoms. The van der Waals surface area contributed by atoms with Crippen LogP contribution in [0.2, 0.25) is 0 Å². The molecule has 10 heteroatoms. The highest BCUT2D eigenvalue weighted by atomic mass is 32.2. The van der Waals surface area contributed by atoms with Gasteiger partial charge in [0.15, 0.2) is 5.11 Å². The summed E-state index contributed by atoms with van der Waals surface area (Å²) in [7, 11) is -3.73. The molecule has 0 saturated heterocycles. The SMILES string of the molecule is NS(=O)(=O)c1ccc(NC(=S)NN(Cc2ccccn2)Cc2ccccn2)cc1. The highest BCUT2D eigenvalue weighted by molar-refractivity contribution is 7.89. The van der Waals surface area contributed by atoms with E-state index in [1.165, 1.54) is 12.1 Å². The molecule has 150 valence electrons. The molecule has 1 aromatic carbocycles. The minimum atomic E-state index is -3.73. The van der Waals surface area contributed by atoms with E-state index in [9.17, 15) is 8.42 Å². The Morgan fingerprint density at radius 3 is 1.93 bits per heavy atom. The number of rotatable bonds is 7. The third-order valence-corrected chi connectivity index (χ3v) is 4.98.